The van der Waals surface area contributed by atoms with Crippen LogP contribution in [0.5, 0.6) is 0 Å². The van der Waals surface area contributed by atoms with Crippen LogP contribution in [0.25, 0.3) is 11.0 Å². The van der Waals surface area contributed by atoms with Crippen molar-refractivity contribution in [2.45, 2.75) is 20.0 Å². The number of aryl methyl sites for hydroxylation is 1. The van der Waals surface area contributed by atoms with Crippen LogP contribution in [0.15, 0.2) is 52.9 Å². The van der Waals surface area contributed by atoms with Gasteiger partial charge in [0.05, 0.1) is 0 Å². The molecule has 1 unspecified atom stereocenters. The summed E-state index contributed by atoms with van der Waals surface area (Å²) >= 11 is 5.91. The van der Waals surface area contributed by atoms with Crippen LogP contribution in [0.4, 0.5) is 5.69 Å². The number of hydrogen-bond donors (Lipinski definition) is 1. The molecule has 0 aliphatic rings. The predicted molar refractivity (Wildman–Crippen MR) is 95.9 cm³/mol. The fourth-order valence-electron chi connectivity index (χ4n) is 2.33. The summed E-state index contributed by atoms with van der Waals surface area (Å²) in [5.74, 6) is -1.10. The molecule has 0 radical (unpaired) electrons. The molecule has 1 heterocycles. The van der Waals surface area contributed by atoms with Crippen molar-refractivity contribution in [3.05, 3.63) is 64.9 Å². The van der Waals surface area contributed by atoms with Crippen LogP contribution in [-0.2, 0) is 9.53 Å². The second-order valence-corrected chi connectivity index (χ2v) is 6.08. The third kappa shape index (κ3) is 3.83. The number of hydrogen-bond acceptors (Lipinski definition) is 4. The third-order valence-electron chi connectivity index (χ3n) is 3.74. The molecule has 1 atom stereocenters. The van der Waals surface area contributed by atoms with Crippen molar-refractivity contribution in [3.8, 4) is 0 Å². The van der Waals surface area contributed by atoms with Gasteiger partial charge in [-0.3, -0.25) is 4.79 Å². The summed E-state index contributed by atoms with van der Waals surface area (Å²) in [6.45, 7) is 3.39. The van der Waals surface area contributed by atoms with E-state index in [1.165, 1.54) is 13.0 Å². The van der Waals surface area contributed by atoms with Crippen molar-refractivity contribution in [2.75, 3.05) is 5.32 Å². The van der Waals surface area contributed by atoms with E-state index in [4.69, 9.17) is 20.8 Å². The normalized spacial score (nSPS) is 12.0. The van der Waals surface area contributed by atoms with Crippen molar-refractivity contribution in [3.63, 3.8) is 0 Å². The van der Waals surface area contributed by atoms with Crippen LogP contribution >= 0.6 is 11.6 Å². The summed E-state index contributed by atoms with van der Waals surface area (Å²) in [6.07, 6.45) is -0.969. The molecule has 25 heavy (non-hydrogen) atoms. The molecule has 6 heteroatoms. The SMILES string of the molecule is Cc1ccccc1NC(=O)C(C)OC(=O)c1cc2cc(Cl)ccc2o1. The first kappa shape index (κ1) is 17.0. The first-order valence-corrected chi connectivity index (χ1v) is 8.08. The van der Waals surface area contributed by atoms with E-state index in [9.17, 15) is 9.59 Å². The lowest BCUT2D eigenvalue weighted by atomic mass is 10.2. The van der Waals surface area contributed by atoms with E-state index in [0.717, 1.165) is 5.56 Å². The molecule has 0 saturated heterocycles. The quantitative estimate of drug-likeness (QED) is 0.694. The molecule has 2 aromatic carbocycles. The van der Waals surface area contributed by atoms with Gasteiger partial charge in [-0.1, -0.05) is 29.8 Å². The fraction of sp³-hybridized carbons (Fsp3) is 0.158. The van der Waals surface area contributed by atoms with E-state index >= 15 is 0 Å². The van der Waals surface area contributed by atoms with Crippen LogP contribution in [0.3, 0.4) is 0 Å². The molecular formula is C19H16ClNO4. The number of anilines is 1. The fourth-order valence-corrected chi connectivity index (χ4v) is 2.52. The highest BCUT2D eigenvalue weighted by atomic mass is 35.5. The number of benzene rings is 2. The first-order chi connectivity index (χ1) is 11.9. The summed E-state index contributed by atoms with van der Waals surface area (Å²) < 4.78 is 10.6. The van der Waals surface area contributed by atoms with Crippen LogP contribution < -0.4 is 5.32 Å². The molecule has 0 fully saturated rings. The maximum atomic E-state index is 12.2. The Morgan fingerprint density at radius 1 is 1.16 bits per heavy atom. The Kier molecular flexibility index (Phi) is 4.76. The van der Waals surface area contributed by atoms with Crippen molar-refractivity contribution in [1.29, 1.82) is 0 Å². The van der Waals surface area contributed by atoms with Gasteiger partial charge in [0.15, 0.2) is 6.10 Å². The number of amides is 1. The standard InChI is InChI=1S/C19H16ClNO4/c1-11-5-3-4-6-15(11)21-18(22)12(2)24-19(23)17-10-13-9-14(20)7-8-16(13)25-17/h3-10,12H,1-2H3,(H,21,22). The van der Waals surface area contributed by atoms with E-state index < -0.39 is 18.0 Å². The van der Waals surface area contributed by atoms with Crippen LogP contribution in [0.1, 0.15) is 23.0 Å². The Balaban J connectivity index is 1.68. The number of esters is 1. The second kappa shape index (κ2) is 6.99. The van der Waals surface area contributed by atoms with Gasteiger partial charge in [-0.2, -0.15) is 0 Å². The lowest BCUT2D eigenvalue weighted by molar-refractivity contribution is -0.123. The van der Waals surface area contributed by atoms with Gasteiger partial charge in [0.2, 0.25) is 5.76 Å². The summed E-state index contributed by atoms with van der Waals surface area (Å²) in [6, 6.07) is 13.9. The number of nitrogens with one attached hydrogen (secondary N) is 1. The summed E-state index contributed by atoms with van der Waals surface area (Å²) in [5.41, 5.74) is 2.12. The summed E-state index contributed by atoms with van der Waals surface area (Å²) in [7, 11) is 0. The summed E-state index contributed by atoms with van der Waals surface area (Å²) in [4.78, 5) is 24.4. The zero-order chi connectivity index (χ0) is 18.0. The Labute approximate surface area is 149 Å². The van der Waals surface area contributed by atoms with Gasteiger partial charge in [0.25, 0.3) is 5.91 Å². The molecule has 1 N–H and O–H groups in total. The van der Waals surface area contributed by atoms with Crippen LogP contribution in [-0.4, -0.2) is 18.0 Å². The van der Waals surface area contributed by atoms with Gasteiger partial charge in [-0.15, -0.1) is 0 Å². The largest absolute Gasteiger partial charge is 0.449 e. The number of furan rings is 1. The number of rotatable bonds is 4. The number of ether oxygens (including phenoxy) is 1. The minimum Gasteiger partial charge on any atom is -0.449 e. The van der Waals surface area contributed by atoms with Crippen molar-refractivity contribution < 1.29 is 18.7 Å². The van der Waals surface area contributed by atoms with Gasteiger partial charge in [0.1, 0.15) is 5.58 Å². The van der Waals surface area contributed by atoms with Gasteiger partial charge < -0.3 is 14.5 Å². The highest BCUT2D eigenvalue weighted by Gasteiger charge is 2.22. The Hall–Kier alpha value is -2.79. The minimum absolute atomic E-state index is 0.0211. The number of halogens is 1. The maximum Gasteiger partial charge on any atom is 0.375 e. The highest BCUT2D eigenvalue weighted by Crippen LogP contribution is 2.24. The van der Waals surface area contributed by atoms with Gasteiger partial charge in [-0.05, 0) is 49.7 Å². The molecule has 0 aliphatic carbocycles. The molecule has 0 bridgehead atoms. The number of para-hydroxylation sites is 1. The predicted octanol–water partition coefficient (Wildman–Crippen LogP) is 4.58. The molecule has 3 aromatic rings. The van der Waals surface area contributed by atoms with Crippen LogP contribution in [0, 0.1) is 6.92 Å². The molecule has 0 saturated carbocycles. The number of carbonyl (C=O) groups excluding carboxylic acids is 2. The number of carbonyl (C=O) groups is 2. The lowest BCUT2D eigenvalue weighted by Crippen LogP contribution is -2.30. The molecule has 5 nitrogen and oxygen atoms in total. The second-order valence-electron chi connectivity index (χ2n) is 5.64. The average molecular weight is 358 g/mol. The zero-order valence-corrected chi connectivity index (χ0v) is 14.5. The van der Waals surface area contributed by atoms with Crippen molar-refractivity contribution in [2.24, 2.45) is 0 Å². The lowest BCUT2D eigenvalue weighted by Gasteiger charge is -2.13. The first-order valence-electron chi connectivity index (χ1n) is 7.70. The molecule has 1 aromatic heterocycles. The number of fused-ring (bicyclic) bond motifs is 1. The Morgan fingerprint density at radius 2 is 1.92 bits per heavy atom. The molecule has 3 rings (SSSR count). The van der Waals surface area contributed by atoms with Crippen molar-refractivity contribution in [1.82, 2.24) is 0 Å². The summed E-state index contributed by atoms with van der Waals surface area (Å²) in [5, 5.41) is 3.97. The van der Waals surface area contributed by atoms with E-state index in [-0.39, 0.29) is 5.76 Å². The molecule has 0 spiro atoms. The molecule has 0 aliphatic heterocycles. The van der Waals surface area contributed by atoms with E-state index in [0.29, 0.717) is 21.7 Å². The van der Waals surface area contributed by atoms with Crippen LogP contribution in [0.2, 0.25) is 5.02 Å². The van der Waals surface area contributed by atoms with Crippen molar-refractivity contribution >= 4 is 40.1 Å². The molecular weight excluding hydrogens is 342 g/mol. The third-order valence-corrected chi connectivity index (χ3v) is 3.97. The Bertz CT molecular complexity index is 948. The smallest absolute Gasteiger partial charge is 0.375 e. The van der Waals surface area contributed by atoms with E-state index in [2.05, 4.69) is 5.32 Å². The van der Waals surface area contributed by atoms with E-state index in [1.54, 1.807) is 24.3 Å². The topological polar surface area (TPSA) is 68.5 Å². The van der Waals surface area contributed by atoms with Gasteiger partial charge in [0, 0.05) is 16.1 Å². The molecule has 128 valence electrons. The monoisotopic (exact) mass is 357 g/mol. The average Bonchev–Trinajstić information content (AvgIpc) is 3.00. The Morgan fingerprint density at radius 3 is 2.68 bits per heavy atom. The van der Waals surface area contributed by atoms with E-state index in [1.807, 2.05) is 25.1 Å². The minimum atomic E-state index is -0.969. The zero-order valence-electron chi connectivity index (χ0n) is 13.7. The van der Waals surface area contributed by atoms with Gasteiger partial charge >= 0.3 is 5.97 Å². The maximum absolute atomic E-state index is 12.2. The molecule has 1 amide bonds. The highest BCUT2D eigenvalue weighted by molar-refractivity contribution is 6.31. The van der Waals surface area contributed by atoms with Gasteiger partial charge in [-0.25, -0.2) is 4.79 Å².